The number of aryl methyl sites for hydroxylation is 2. The first-order chi connectivity index (χ1) is 15.0. The number of amides is 1. The molecule has 0 aliphatic carbocycles. The number of alkyl carbamates (subject to hydrolysis) is 1. The summed E-state index contributed by atoms with van der Waals surface area (Å²) in [6.07, 6.45) is 2.79. The minimum Gasteiger partial charge on any atom is -0.481 e. The lowest BCUT2D eigenvalue weighted by Gasteiger charge is -2.16. The van der Waals surface area contributed by atoms with Crippen molar-refractivity contribution in [3.8, 4) is 0 Å². The predicted octanol–water partition coefficient (Wildman–Crippen LogP) is 0.942. The Bertz CT molecular complexity index is 1010. The van der Waals surface area contributed by atoms with E-state index in [1.165, 1.54) is 4.68 Å². The maximum Gasteiger partial charge on any atom is 0.408 e. The summed E-state index contributed by atoms with van der Waals surface area (Å²) in [5.74, 6) is -0.625. The van der Waals surface area contributed by atoms with Crippen molar-refractivity contribution in [1.29, 1.82) is 0 Å². The third kappa shape index (κ3) is 7.47. The van der Waals surface area contributed by atoms with Crippen LogP contribution in [0, 0.1) is 0 Å². The monoisotopic (exact) mass is 463 g/mol. The number of nitrogens with one attached hydrogen (secondary N) is 2. The maximum atomic E-state index is 12.7. The van der Waals surface area contributed by atoms with Crippen molar-refractivity contribution >= 4 is 30.3 Å². The molecule has 0 saturated heterocycles. The largest absolute Gasteiger partial charge is 0.481 e. The number of aromatic nitrogens is 6. The van der Waals surface area contributed by atoms with E-state index in [0.29, 0.717) is 18.7 Å². The van der Waals surface area contributed by atoms with Gasteiger partial charge in [-0.1, -0.05) is 30.3 Å². The number of H-pyrrole nitrogens is 1. The van der Waals surface area contributed by atoms with Crippen LogP contribution in [0.1, 0.15) is 23.6 Å². The molecular formula is C19H22ClN7O5. The zero-order chi connectivity index (χ0) is 22.1. The lowest BCUT2D eigenvalue weighted by Crippen LogP contribution is -2.44. The van der Waals surface area contributed by atoms with E-state index in [-0.39, 0.29) is 25.6 Å². The van der Waals surface area contributed by atoms with Crippen LogP contribution >= 0.6 is 12.4 Å². The van der Waals surface area contributed by atoms with Crippen molar-refractivity contribution in [3.63, 3.8) is 0 Å². The zero-order valence-electron chi connectivity index (χ0n) is 16.9. The molecule has 1 atom stereocenters. The molecular weight excluding hydrogens is 442 g/mol. The number of ketones is 1. The normalized spacial score (nSPS) is 11.2. The summed E-state index contributed by atoms with van der Waals surface area (Å²) in [7, 11) is 0. The van der Waals surface area contributed by atoms with Gasteiger partial charge in [0.1, 0.15) is 25.0 Å². The van der Waals surface area contributed by atoms with Gasteiger partial charge in [0.15, 0.2) is 11.6 Å². The highest BCUT2D eigenvalue weighted by Crippen LogP contribution is 2.05. The van der Waals surface area contributed by atoms with E-state index in [9.17, 15) is 14.4 Å². The number of hydrogen-bond donors (Lipinski definition) is 3. The molecule has 170 valence electrons. The molecule has 3 rings (SSSR count). The van der Waals surface area contributed by atoms with Gasteiger partial charge in [-0.05, 0) is 16.0 Å². The van der Waals surface area contributed by atoms with Gasteiger partial charge in [-0.3, -0.25) is 9.59 Å². The van der Waals surface area contributed by atoms with Gasteiger partial charge in [0, 0.05) is 25.2 Å². The second-order valence-electron chi connectivity index (χ2n) is 6.61. The van der Waals surface area contributed by atoms with Crippen molar-refractivity contribution in [1.82, 2.24) is 35.5 Å². The smallest absolute Gasteiger partial charge is 0.408 e. The van der Waals surface area contributed by atoms with Crippen LogP contribution in [0.4, 0.5) is 4.79 Å². The first-order valence-electron chi connectivity index (χ1n) is 9.46. The minimum atomic E-state index is -1.29. The van der Waals surface area contributed by atoms with E-state index in [1.807, 2.05) is 6.07 Å². The highest BCUT2D eigenvalue weighted by Gasteiger charge is 2.26. The molecule has 13 heteroatoms. The van der Waals surface area contributed by atoms with Crippen LogP contribution in [0.5, 0.6) is 0 Å². The molecule has 0 bridgehead atoms. The van der Waals surface area contributed by atoms with E-state index in [2.05, 4.69) is 30.8 Å². The number of rotatable bonds is 11. The second kappa shape index (κ2) is 12.2. The molecule has 2 aromatic heterocycles. The highest BCUT2D eigenvalue weighted by molar-refractivity contribution is 5.90. The number of carbonyl (C=O) groups is 3. The minimum absolute atomic E-state index is 0. The van der Waals surface area contributed by atoms with Gasteiger partial charge in [0.2, 0.25) is 0 Å². The average Bonchev–Trinajstić information content (AvgIpc) is 3.42. The van der Waals surface area contributed by atoms with E-state index in [4.69, 9.17) is 9.84 Å². The Labute approximate surface area is 188 Å². The van der Waals surface area contributed by atoms with Crippen LogP contribution in [-0.2, 0) is 40.3 Å². The fraction of sp³-hybridized carbons (Fsp3) is 0.316. The molecule has 1 unspecified atom stereocenters. The molecule has 1 aromatic carbocycles. The van der Waals surface area contributed by atoms with Gasteiger partial charge in [0.05, 0.1) is 6.42 Å². The molecule has 0 radical (unpaired) electrons. The van der Waals surface area contributed by atoms with Crippen molar-refractivity contribution in [2.45, 2.75) is 38.5 Å². The van der Waals surface area contributed by atoms with Gasteiger partial charge in [0.25, 0.3) is 0 Å². The Morgan fingerprint density at radius 2 is 1.97 bits per heavy atom. The van der Waals surface area contributed by atoms with Gasteiger partial charge in [-0.15, -0.1) is 17.5 Å². The number of halogens is 1. The number of tetrazole rings is 1. The molecule has 0 spiro atoms. The number of carboxylic acid groups (broad SMARTS) is 1. The van der Waals surface area contributed by atoms with Crippen molar-refractivity contribution in [3.05, 3.63) is 59.9 Å². The van der Waals surface area contributed by atoms with Gasteiger partial charge < -0.3 is 20.1 Å². The van der Waals surface area contributed by atoms with E-state index >= 15 is 0 Å². The number of hydrogen-bond acceptors (Lipinski definition) is 8. The van der Waals surface area contributed by atoms with Crippen LogP contribution in [0.3, 0.4) is 0 Å². The third-order valence-corrected chi connectivity index (χ3v) is 4.32. The number of ether oxygens (including phenoxy) is 1. The lowest BCUT2D eigenvalue weighted by atomic mass is 10.1. The number of carbonyl (C=O) groups excluding carboxylic acids is 2. The maximum absolute atomic E-state index is 12.7. The quantitative estimate of drug-likeness (QED) is 0.375. The van der Waals surface area contributed by atoms with Gasteiger partial charge in [-0.2, -0.15) is 0 Å². The molecule has 1 amide bonds. The molecule has 0 saturated carbocycles. The Hall–Kier alpha value is -3.80. The number of imidazole rings is 1. The number of benzene rings is 1. The summed E-state index contributed by atoms with van der Waals surface area (Å²) >= 11 is 0. The zero-order valence-corrected chi connectivity index (χ0v) is 17.7. The SMILES string of the molecule is Cl.O=C(O)CC(NC(=O)OCc1ccccc1)C(=O)Cn1nnnc1CCc1ncc[nH]1. The van der Waals surface area contributed by atoms with E-state index in [0.717, 1.165) is 11.4 Å². The lowest BCUT2D eigenvalue weighted by molar-refractivity contribution is -0.139. The molecule has 3 N–H and O–H groups in total. The standard InChI is InChI=1S/C19H21N7O5.ClH/c27-15(11-26-17(23-24-25-26)7-6-16-20-8-9-21-16)14(10-18(28)29)22-19(30)31-12-13-4-2-1-3-5-13;/h1-5,8-9,14H,6-7,10-12H2,(H,20,21)(H,22,30)(H,28,29);1H. The number of aromatic amines is 1. The summed E-state index contributed by atoms with van der Waals surface area (Å²) < 4.78 is 6.35. The predicted molar refractivity (Wildman–Crippen MR) is 112 cm³/mol. The van der Waals surface area contributed by atoms with E-state index in [1.54, 1.807) is 36.7 Å². The van der Waals surface area contributed by atoms with Crippen molar-refractivity contribution in [2.75, 3.05) is 0 Å². The molecule has 32 heavy (non-hydrogen) atoms. The van der Waals surface area contributed by atoms with Gasteiger partial charge in [-0.25, -0.2) is 14.5 Å². The summed E-state index contributed by atoms with van der Waals surface area (Å²) in [6.45, 7) is -0.304. The molecule has 2 heterocycles. The number of nitrogens with zero attached hydrogens (tertiary/aromatic N) is 5. The van der Waals surface area contributed by atoms with Crippen molar-refractivity contribution < 1.29 is 24.2 Å². The molecule has 0 aliphatic rings. The highest BCUT2D eigenvalue weighted by atomic mass is 35.5. The topological polar surface area (TPSA) is 165 Å². The average molecular weight is 464 g/mol. The summed E-state index contributed by atoms with van der Waals surface area (Å²) in [6, 6.07) is 7.67. The Balaban J connectivity index is 0.00000363. The fourth-order valence-electron chi connectivity index (χ4n) is 2.77. The first kappa shape index (κ1) is 24.5. The van der Waals surface area contributed by atoms with Crippen molar-refractivity contribution in [2.24, 2.45) is 0 Å². The summed E-state index contributed by atoms with van der Waals surface area (Å²) in [4.78, 5) is 43.0. The first-order valence-corrected chi connectivity index (χ1v) is 9.46. The fourth-order valence-corrected chi connectivity index (χ4v) is 2.77. The molecule has 0 fully saturated rings. The number of carboxylic acids is 1. The molecule has 0 aliphatic heterocycles. The third-order valence-electron chi connectivity index (χ3n) is 4.32. The van der Waals surface area contributed by atoms with Crippen LogP contribution in [0.25, 0.3) is 0 Å². The number of Topliss-reactive ketones (excluding diaryl/α,β-unsaturated/α-hetero) is 1. The summed E-state index contributed by atoms with van der Waals surface area (Å²) in [5.41, 5.74) is 0.758. The Kier molecular flexibility index (Phi) is 9.29. The second-order valence-corrected chi connectivity index (χ2v) is 6.61. The number of aliphatic carboxylic acids is 1. The van der Waals surface area contributed by atoms with Gasteiger partial charge >= 0.3 is 12.1 Å². The van der Waals surface area contributed by atoms with Crippen LogP contribution < -0.4 is 5.32 Å². The van der Waals surface area contributed by atoms with Crippen LogP contribution in [0.2, 0.25) is 0 Å². The Morgan fingerprint density at radius 3 is 2.66 bits per heavy atom. The molecule has 3 aromatic rings. The Morgan fingerprint density at radius 1 is 1.19 bits per heavy atom. The molecule has 12 nitrogen and oxygen atoms in total. The van der Waals surface area contributed by atoms with E-state index < -0.39 is 30.3 Å². The summed E-state index contributed by atoms with van der Waals surface area (Å²) in [5, 5.41) is 22.7. The van der Waals surface area contributed by atoms with Crippen LogP contribution in [-0.4, -0.2) is 59.2 Å². The van der Waals surface area contributed by atoms with Crippen LogP contribution in [0.15, 0.2) is 42.7 Å².